The molecule has 0 atom stereocenters. The van der Waals surface area contributed by atoms with Crippen LogP contribution in [0.15, 0.2) is 54.7 Å². The Morgan fingerprint density at radius 2 is 1.92 bits per heavy atom. The predicted octanol–water partition coefficient (Wildman–Crippen LogP) is 2.50. The zero-order valence-electron chi connectivity index (χ0n) is 20.9. The number of Topliss-reactive ketones (excluding diaryl/α,β-unsaturated/α-hetero) is 1. The molecule has 200 valence electrons. The van der Waals surface area contributed by atoms with E-state index in [1.54, 1.807) is 42.6 Å². The molecule has 3 heterocycles. The third-order valence-corrected chi connectivity index (χ3v) is 6.60. The van der Waals surface area contributed by atoms with Gasteiger partial charge in [-0.25, -0.2) is 4.98 Å². The van der Waals surface area contributed by atoms with E-state index >= 15 is 0 Å². The van der Waals surface area contributed by atoms with Crippen LogP contribution in [0.25, 0.3) is 10.9 Å². The van der Waals surface area contributed by atoms with E-state index in [4.69, 9.17) is 17.3 Å². The number of nitrogens with zero attached hydrogens (tertiary/aromatic N) is 4. The van der Waals surface area contributed by atoms with Crippen LogP contribution in [0.2, 0.25) is 5.15 Å². The fourth-order valence-corrected chi connectivity index (χ4v) is 4.62. The number of rotatable bonds is 11. The van der Waals surface area contributed by atoms with Crippen molar-refractivity contribution in [2.24, 2.45) is 5.73 Å². The first-order valence-corrected chi connectivity index (χ1v) is 12.8. The number of carbonyl (C=O) groups is 4. The maximum atomic E-state index is 13.3. The molecule has 0 saturated heterocycles. The number of ketones is 1. The summed E-state index contributed by atoms with van der Waals surface area (Å²) in [6.07, 6.45) is 3.78. The number of halogens is 1. The maximum Gasteiger partial charge on any atom is 0.269 e. The van der Waals surface area contributed by atoms with Crippen LogP contribution >= 0.6 is 11.6 Å². The lowest BCUT2D eigenvalue weighted by Gasteiger charge is -2.22. The number of carbonyl (C=O) groups excluding carboxylic acids is 4. The zero-order valence-corrected chi connectivity index (χ0v) is 21.6. The van der Waals surface area contributed by atoms with Gasteiger partial charge in [0.15, 0.2) is 5.69 Å². The molecule has 5 rings (SSSR count). The Morgan fingerprint density at radius 3 is 2.62 bits per heavy atom. The molecule has 3 amide bonds. The van der Waals surface area contributed by atoms with Gasteiger partial charge in [-0.05, 0) is 54.8 Å². The third kappa shape index (κ3) is 6.32. The number of benzene rings is 1. The van der Waals surface area contributed by atoms with Crippen molar-refractivity contribution in [3.8, 4) is 0 Å². The average Bonchev–Trinajstić information content (AvgIpc) is 3.48. The number of nitrogens with one attached hydrogen (secondary N) is 2. The second kappa shape index (κ2) is 11.1. The molecule has 1 aliphatic carbocycles. The number of nitrogens with two attached hydrogens (primary N) is 1. The van der Waals surface area contributed by atoms with Crippen LogP contribution in [0, 0.1) is 0 Å². The molecule has 3 aromatic heterocycles. The Kier molecular flexibility index (Phi) is 7.42. The molecule has 1 aromatic carbocycles. The summed E-state index contributed by atoms with van der Waals surface area (Å²) in [5.41, 5.74) is 7.65. The van der Waals surface area contributed by atoms with E-state index in [2.05, 4.69) is 20.4 Å². The number of hydrogen-bond acceptors (Lipinski definition) is 6. The molecule has 0 aliphatic heterocycles. The smallest absolute Gasteiger partial charge is 0.269 e. The van der Waals surface area contributed by atoms with Crippen LogP contribution in [0.5, 0.6) is 0 Å². The first-order valence-electron chi connectivity index (χ1n) is 12.4. The Bertz CT molecular complexity index is 1560. The van der Waals surface area contributed by atoms with Crippen molar-refractivity contribution in [1.29, 1.82) is 0 Å². The van der Waals surface area contributed by atoms with Gasteiger partial charge in [0.1, 0.15) is 29.8 Å². The van der Waals surface area contributed by atoms with Gasteiger partial charge in [0.05, 0.1) is 5.52 Å². The molecule has 4 N–H and O–H groups in total. The SMILES string of the molecule is NC(=O)c1nn(CC(=O)N(CC(=O)Nc2cccc(Cl)n2)C2CC2)c2ccc(CC(=O)Cc3ccc[nH]3)cc12. The monoisotopic (exact) mass is 547 g/mol. The van der Waals surface area contributed by atoms with Crippen LogP contribution in [-0.4, -0.2) is 60.7 Å². The lowest BCUT2D eigenvalue weighted by Crippen LogP contribution is -2.41. The largest absolute Gasteiger partial charge is 0.365 e. The van der Waals surface area contributed by atoms with Crippen LogP contribution < -0.4 is 11.1 Å². The van der Waals surface area contributed by atoms with Gasteiger partial charge >= 0.3 is 0 Å². The first-order chi connectivity index (χ1) is 18.8. The molecule has 0 radical (unpaired) electrons. The number of anilines is 1. The summed E-state index contributed by atoms with van der Waals surface area (Å²) < 4.78 is 1.41. The Balaban J connectivity index is 1.31. The van der Waals surface area contributed by atoms with Crippen molar-refractivity contribution in [3.63, 3.8) is 0 Å². The molecule has 4 aromatic rings. The minimum atomic E-state index is -0.742. The maximum absolute atomic E-state index is 13.3. The minimum absolute atomic E-state index is 0.00585. The van der Waals surface area contributed by atoms with Gasteiger partial charge in [-0.3, -0.25) is 23.9 Å². The standard InChI is InChI=1S/C27H26ClN7O4/c28-22-4-1-5-23(31-22)32-24(37)14-34(18-7-8-18)25(38)15-35-21-9-6-16(12-20(21)26(33-35)27(29)39)11-19(36)13-17-3-2-10-30-17/h1-6,9-10,12,18,30H,7-8,11,13-15H2,(H2,29,39)(H,31,32,37). The van der Waals surface area contributed by atoms with Gasteiger partial charge in [0.2, 0.25) is 11.8 Å². The van der Waals surface area contributed by atoms with Gasteiger partial charge < -0.3 is 20.9 Å². The van der Waals surface area contributed by atoms with Crippen molar-refractivity contribution >= 4 is 51.8 Å². The predicted molar refractivity (Wildman–Crippen MR) is 144 cm³/mol. The van der Waals surface area contributed by atoms with E-state index in [1.807, 2.05) is 12.1 Å². The highest BCUT2D eigenvalue weighted by molar-refractivity contribution is 6.29. The quantitative estimate of drug-likeness (QED) is 0.245. The van der Waals surface area contributed by atoms with Crippen LogP contribution in [0.4, 0.5) is 5.82 Å². The molecular weight excluding hydrogens is 522 g/mol. The summed E-state index contributed by atoms with van der Waals surface area (Å²) in [4.78, 5) is 59.2. The fraction of sp³-hybridized carbons (Fsp3) is 0.259. The van der Waals surface area contributed by atoms with E-state index in [0.29, 0.717) is 22.3 Å². The number of amides is 3. The van der Waals surface area contributed by atoms with Gasteiger partial charge in [-0.1, -0.05) is 23.7 Å². The molecule has 1 fully saturated rings. The Morgan fingerprint density at radius 1 is 1.10 bits per heavy atom. The molecule has 12 heteroatoms. The van der Waals surface area contributed by atoms with E-state index in [0.717, 1.165) is 18.5 Å². The average molecular weight is 548 g/mol. The third-order valence-electron chi connectivity index (χ3n) is 6.39. The van der Waals surface area contributed by atoms with E-state index in [1.165, 1.54) is 9.58 Å². The zero-order chi connectivity index (χ0) is 27.5. The number of H-pyrrole nitrogens is 1. The van der Waals surface area contributed by atoms with Gasteiger partial charge in [-0.2, -0.15) is 5.10 Å². The molecular formula is C27H26ClN7O4. The first kappa shape index (κ1) is 26.1. The second-order valence-electron chi connectivity index (χ2n) is 9.46. The minimum Gasteiger partial charge on any atom is -0.365 e. The molecule has 39 heavy (non-hydrogen) atoms. The molecule has 11 nitrogen and oxygen atoms in total. The summed E-state index contributed by atoms with van der Waals surface area (Å²) in [7, 11) is 0. The van der Waals surface area contributed by atoms with Crippen LogP contribution in [0.1, 0.15) is 34.6 Å². The van der Waals surface area contributed by atoms with Crippen molar-refractivity contribution < 1.29 is 19.2 Å². The topological polar surface area (TPSA) is 156 Å². The normalized spacial score (nSPS) is 12.8. The van der Waals surface area contributed by atoms with Crippen molar-refractivity contribution in [1.82, 2.24) is 24.6 Å². The number of aromatic amines is 1. The highest BCUT2D eigenvalue weighted by Gasteiger charge is 2.34. The number of pyridine rings is 1. The fourth-order valence-electron chi connectivity index (χ4n) is 4.46. The second-order valence-corrected chi connectivity index (χ2v) is 9.84. The number of fused-ring (bicyclic) bond motifs is 1. The molecule has 0 unspecified atom stereocenters. The highest BCUT2D eigenvalue weighted by atomic mass is 35.5. The summed E-state index contributed by atoms with van der Waals surface area (Å²) in [6, 6.07) is 13.7. The van der Waals surface area contributed by atoms with E-state index in [9.17, 15) is 19.2 Å². The van der Waals surface area contributed by atoms with E-state index < -0.39 is 11.8 Å². The molecule has 0 spiro atoms. The Hall–Kier alpha value is -4.51. The highest BCUT2D eigenvalue weighted by Crippen LogP contribution is 2.28. The molecule has 1 aliphatic rings. The van der Waals surface area contributed by atoms with Gasteiger partial charge in [-0.15, -0.1) is 0 Å². The molecule has 1 saturated carbocycles. The van der Waals surface area contributed by atoms with Gasteiger partial charge in [0, 0.05) is 36.2 Å². The number of hydrogen-bond donors (Lipinski definition) is 3. The van der Waals surface area contributed by atoms with Crippen molar-refractivity contribution in [3.05, 3.63) is 76.8 Å². The summed E-state index contributed by atoms with van der Waals surface area (Å²) in [5.74, 6) is -1.17. The summed E-state index contributed by atoms with van der Waals surface area (Å²) >= 11 is 5.88. The van der Waals surface area contributed by atoms with Crippen molar-refractivity contribution in [2.75, 3.05) is 11.9 Å². The number of primary amides is 1. The summed E-state index contributed by atoms with van der Waals surface area (Å²) in [5, 5.41) is 7.67. The van der Waals surface area contributed by atoms with Gasteiger partial charge in [0.25, 0.3) is 5.91 Å². The molecule has 0 bridgehead atoms. The number of aromatic nitrogens is 4. The summed E-state index contributed by atoms with van der Waals surface area (Å²) in [6.45, 7) is -0.347. The lowest BCUT2D eigenvalue weighted by atomic mass is 10.0. The Labute approximate surface area is 228 Å². The van der Waals surface area contributed by atoms with E-state index in [-0.39, 0.29) is 54.5 Å². The van der Waals surface area contributed by atoms with Crippen LogP contribution in [-0.2, 0) is 33.8 Å². The lowest BCUT2D eigenvalue weighted by molar-refractivity contribution is -0.135. The van der Waals surface area contributed by atoms with Crippen molar-refractivity contribution in [2.45, 2.75) is 38.3 Å². The van der Waals surface area contributed by atoms with Crippen LogP contribution in [0.3, 0.4) is 0 Å².